The number of nitrogens with zero attached hydrogens (tertiary/aromatic N) is 1. The van der Waals surface area contributed by atoms with Gasteiger partial charge in [-0.15, -0.1) is 13.2 Å². The number of carbonyl (C=O) groups is 4. The first-order valence-electron chi connectivity index (χ1n) is 23.1. The molecule has 2 aromatic rings. The molecule has 4 unspecified atom stereocenters. The van der Waals surface area contributed by atoms with Crippen LogP contribution >= 0.6 is 0 Å². The van der Waals surface area contributed by atoms with Crippen molar-refractivity contribution in [3.63, 3.8) is 0 Å². The number of piperidine rings is 1. The van der Waals surface area contributed by atoms with Crippen molar-refractivity contribution in [2.45, 2.75) is 137 Å². The first-order valence-corrected chi connectivity index (χ1v) is 23.1. The Kier molecular flexibility index (Phi) is 10.6. The number of unbranched alkanes of at least 4 members (excludes halogenated alkanes) is 3. The van der Waals surface area contributed by atoms with Gasteiger partial charge in [0.2, 0.25) is 0 Å². The summed E-state index contributed by atoms with van der Waals surface area (Å²) in [6.07, 6.45) is 9.28. The number of aliphatic hydroxyl groups is 1. The molecule has 13 heteroatoms. The molecule has 4 bridgehead atoms. The second-order valence-corrected chi connectivity index (χ2v) is 19.3. The Bertz CT molecular complexity index is 2260. The molecule has 63 heavy (non-hydrogen) atoms. The predicted molar refractivity (Wildman–Crippen MR) is 228 cm³/mol. The van der Waals surface area contributed by atoms with Gasteiger partial charge in [0.05, 0.1) is 35.2 Å². The molecule has 3 heterocycles. The maximum Gasteiger partial charge on any atom is 0.513 e. The minimum atomic E-state index is -1.16. The van der Waals surface area contributed by atoms with Crippen LogP contribution < -0.4 is 18.9 Å². The van der Waals surface area contributed by atoms with Gasteiger partial charge in [0.25, 0.3) is 0 Å². The van der Waals surface area contributed by atoms with Crippen molar-refractivity contribution in [1.29, 1.82) is 0 Å². The number of Topliss-reactive ketones (excluding diaryl/α,β-unsaturated/α-hetero) is 2. The molecule has 0 radical (unpaired) electrons. The number of benzene rings is 2. The molecule has 1 N–H and O–H groups in total. The van der Waals surface area contributed by atoms with Gasteiger partial charge >= 0.3 is 12.3 Å². The van der Waals surface area contributed by atoms with Crippen LogP contribution in [0.3, 0.4) is 0 Å². The summed E-state index contributed by atoms with van der Waals surface area (Å²) in [6, 6.07) is 7.21. The van der Waals surface area contributed by atoms with Gasteiger partial charge in [0, 0.05) is 50.2 Å². The highest BCUT2D eigenvalue weighted by atomic mass is 16.7. The fourth-order valence-corrected chi connectivity index (χ4v) is 14.2. The Morgan fingerprint density at radius 2 is 1.41 bits per heavy atom. The molecule has 0 amide bonds. The molecule has 10 rings (SSSR count). The van der Waals surface area contributed by atoms with Crippen molar-refractivity contribution in [2.24, 2.45) is 17.8 Å². The van der Waals surface area contributed by atoms with E-state index >= 15 is 0 Å². The average molecular weight is 866 g/mol. The van der Waals surface area contributed by atoms with Crippen LogP contribution in [-0.4, -0.2) is 96.7 Å². The number of likely N-dealkylation sites (tertiary alicyclic amines) is 1. The summed E-state index contributed by atoms with van der Waals surface area (Å²) in [6.45, 7) is 11.9. The highest BCUT2D eigenvalue weighted by molar-refractivity contribution is 5.91. The molecular formula is C50H59NO12. The van der Waals surface area contributed by atoms with E-state index in [0.717, 1.165) is 47.9 Å². The number of carbonyl (C=O) groups excluding carboxylic acids is 4. The fourth-order valence-electron chi connectivity index (χ4n) is 14.2. The van der Waals surface area contributed by atoms with E-state index in [1.807, 2.05) is 24.3 Å². The fraction of sp³-hybridized carbons (Fsp3) is 0.600. The Labute approximate surface area is 368 Å². The molecule has 336 valence electrons. The number of hydrogen-bond donors (Lipinski definition) is 1. The maximum atomic E-state index is 13.7. The molecule has 8 aliphatic rings. The first kappa shape index (κ1) is 42.2. The lowest BCUT2D eigenvalue weighted by Crippen LogP contribution is -2.76. The zero-order valence-corrected chi connectivity index (χ0v) is 36.5. The second kappa shape index (κ2) is 15.8. The Morgan fingerprint density at radius 1 is 0.810 bits per heavy atom. The van der Waals surface area contributed by atoms with E-state index in [-0.39, 0.29) is 54.7 Å². The van der Waals surface area contributed by atoms with E-state index < -0.39 is 46.6 Å². The zero-order valence-electron chi connectivity index (χ0n) is 36.5. The van der Waals surface area contributed by atoms with Crippen molar-refractivity contribution in [1.82, 2.24) is 4.90 Å². The number of ether oxygens (including phenoxy) is 7. The molecule has 2 aromatic carbocycles. The lowest BCUT2D eigenvalue weighted by Gasteiger charge is -2.62. The summed E-state index contributed by atoms with van der Waals surface area (Å²) >= 11 is 0. The minimum absolute atomic E-state index is 0.0437. The van der Waals surface area contributed by atoms with Crippen LogP contribution in [0.2, 0.25) is 0 Å². The average Bonchev–Trinajstić information content (AvgIpc) is 3.81. The van der Waals surface area contributed by atoms with Crippen molar-refractivity contribution in [3.8, 4) is 23.0 Å². The monoisotopic (exact) mass is 865 g/mol. The van der Waals surface area contributed by atoms with Crippen LogP contribution in [0.1, 0.15) is 106 Å². The third kappa shape index (κ3) is 5.97. The topological polar surface area (TPSA) is 156 Å². The highest BCUT2D eigenvalue weighted by Crippen LogP contribution is 2.69. The van der Waals surface area contributed by atoms with Crippen LogP contribution in [0.5, 0.6) is 23.0 Å². The van der Waals surface area contributed by atoms with Crippen molar-refractivity contribution >= 4 is 23.9 Å². The molecule has 2 spiro atoms. The maximum absolute atomic E-state index is 13.7. The van der Waals surface area contributed by atoms with Crippen molar-refractivity contribution in [3.05, 3.63) is 71.8 Å². The zero-order chi connectivity index (χ0) is 43.9. The van der Waals surface area contributed by atoms with E-state index in [1.165, 1.54) is 0 Å². The number of hydrogen-bond acceptors (Lipinski definition) is 13. The summed E-state index contributed by atoms with van der Waals surface area (Å²) in [5, 5.41) is 12.4. The lowest BCUT2D eigenvalue weighted by molar-refractivity contribution is -0.187. The first-order chi connectivity index (χ1) is 30.5. The minimum Gasteiger partial charge on any atom is -0.477 e. The lowest BCUT2D eigenvalue weighted by atomic mass is 9.48. The predicted octanol–water partition coefficient (Wildman–Crippen LogP) is 7.43. The number of methoxy groups -OCH3 is 1. The van der Waals surface area contributed by atoms with Gasteiger partial charge in [-0.05, 0) is 118 Å². The van der Waals surface area contributed by atoms with Crippen LogP contribution in [-0.2, 0) is 47.5 Å². The van der Waals surface area contributed by atoms with Crippen molar-refractivity contribution < 1.29 is 57.4 Å². The summed E-state index contributed by atoms with van der Waals surface area (Å²) in [5.41, 5.74) is 0.597. The molecule has 10 atom stereocenters. The van der Waals surface area contributed by atoms with E-state index in [1.54, 1.807) is 19.2 Å². The van der Waals surface area contributed by atoms with E-state index in [0.29, 0.717) is 94.2 Å². The molecule has 5 aliphatic carbocycles. The van der Waals surface area contributed by atoms with Crippen LogP contribution in [0.4, 0.5) is 9.59 Å². The molecule has 3 aliphatic heterocycles. The molecule has 13 nitrogen and oxygen atoms in total. The number of rotatable bonds is 14. The Morgan fingerprint density at radius 3 is 2.03 bits per heavy atom. The third-order valence-corrected chi connectivity index (χ3v) is 16.9. The molecule has 4 fully saturated rings. The molecule has 3 saturated carbocycles. The Hall–Kier alpha value is -4.72. The summed E-state index contributed by atoms with van der Waals surface area (Å²) < 4.78 is 41.9. The second-order valence-electron chi connectivity index (χ2n) is 19.3. The normalized spacial score (nSPS) is 35.0. The van der Waals surface area contributed by atoms with Gasteiger partial charge in [-0.25, -0.2) is 9.59 Å². The van der Waals surface area contributed by atoms with E-state index in [9.17, 15) is 24.3 Å². The van der Waals surface area contributed by atoms with Gasteiger partial charge in [-0.3, -0.25) is 14.5 Å². The Balaban J connectivity index is 0.718. The van der Waals surface area contributed by atoms with Crippen molar-refractivity contribution in [2.75, 3.05) is 33.4 Å². The van der Waals surface area contributed by atoms with Gasteiger partial charge < -0.3 is 38.3 Å². The highest BCUT2D eigenvalue weighted by Gasteiger charge is 2.74. The number of allylic oxidation sites excluding steroid dienone is 1. The molecule has 1 saturated heterocycles. The number of ketones is 2. The molecular weight excluding hydrogens is 807 g/mol. The summed E-state index contributed by atoms with van der Waals surface area (Å²) in [4.78, 5) is 55.2. The van der Waals surface area contributed by atoms with Gasteiger partial charge in [0.1, 0.15) is 0 Å². The van der Waals surface area contributed by atoms with Gasteiger partial charge in [-0.1, -0.05) is 31.2 Å². The summed E-state index contributed by atoms with van der Waals surface area (Å²) in [7, 11) is 1.78. The van der Waals surface area contributed by atoms with E-state index in [4.69, 9.17) is 33.2 Å². The summed E-state index contributed by atoms with van der Waals surface area (Å²) in [5.74, 6) is 2.25. The third-order valence-electron chi connectivity index (χ3n) is 16.9. The van der Waals surface area contributed by atoms with Crippen LogP contribution in [0, 0.1) is 17.8 Å². The van der Waals surface area contributed by atoms with E-state index in [2.05, 4.69) is 25.0 Å². The quantitative estimate of drug-likeness (QED) is 0.0867. The van der Waals surface area contributed by atoms with Crippen LogP contribution in [0.25, 0.3) is 0 Å². The largest absolute Gasteiger partial charge is 0.513 e. The van der Waals surface area contributed by atoms with Gasteiger partial charge in [-0.2, -0.15) is 0 Å². The SMILES string of the molecule is C=CCC1CCC23c4c5ccc(OC(=O)OCCCCCCOC(=O)Oc6ccc7c8c6O[C@H]6C(=O)CC[C@@]9(O)[C@@H](C7)N(CC=C)CCC869)c4O[C@H]2C(=O)CC[C@@]3(OC)[C@@H](C5)C1C. The standard InChI is InChI=1S/C50H59NO12/c1-5-11-30-16-19-48-40-31-12-14-37(42(40)63-44(48)35(53)18-21-50(48,57-4)33(27-31)29(30)3)61-46(55)59-26-10-8-7-9-25-58-45(54)60-36-15-13-32-28-38-49(56)20-17-34(52)43-47(49,39(32)41(36)62-43)22-24-51(38)23-6-2/h5-6,12-15,29-30,33,38,43-44,56H,1-2,7-11,16-28H2,3-4H3/t29?,30?,33-,38+,43-,44-,47?,48?,49+,50+/m0/s1. The smallest absolute Gasteiger partial charge is 0.477 e. The van der Waals surface area contributed by atoms with Crippen LogP contribution in [0.15, 0.2) is 49.6 Å². The molecule has 0 aromatic heterocycles. The van der Waals surface area contributed by atoms with Gasteiger partial charge in [0.15, 0.2) is 46.8 Å².